The maximum Gasteiger partial charge on any atom is 0.192 e. The summed E-state index contributed by atoms with van der Waals surface area (Å²) in [4.78, 5) is 2.49. The van der Waals surface area contributed by atoms with Gasteiger partial charge in [0.25, 0.3) is 0 Å². The van der Waals surface area contributed by atoms with Gasteiger partial charge in [0, 0.05) is 31.2 Å². The van der Waals surface area contributed by atoms with Crippen molar-refractivity contribution < 1.29 is 9.47 Å². The quantitative estimate of drug-likeness (QED) is 0.885. The Morgan fingerprint density at radius 1 is 1.30 bits per heavy atom. The van der Waals surface area contributed by atoms with E-state index in [0.29, 0.717) is 12.6 Å². The molecule has 2 unspecified atom stereocenters. The van der Waals surface area contributed by atoms with E-state index < -0.39 is 5.79 Å². The van der Waals surface area contributed by atoms with E-state index in [9.17, 15) is 0 Å². The van der Waals surface area contributed by atoms with Crippen molar-refractivity contribution in [3.63, 3.8) is 0 Å². The molecule has 2 fully saturated rings. The fraction of sp³-hybridized carbons (Fsp3) is 0.625. The van der Waals surface area contributed by atoms with Crippen LogP contribution in [0.4, 0.5) is 0 Å². The first-order chi connectivity index (χ1) is 9.71. The zero-order valence-electron chi connectivity index (χ0n) is 12.3. The SMILES string of the molecule is CCN(CC1COC(C)(c2ccccc2)O1)C1CNC1. The van der Waals surface area contributed by atoms with E-state index in [1.165, 1.54) is 0 Å². The molecule has 2 saturated heterocycles. The summed E-state index contributed by atoms with van der Waals surface area (Å²) in [6.07, 6.45) is 0.153. The van der Waals surface area contributed by atoms with Crippen molar-refractivity contribution in [1.29, 1.82) is 0 Å². The second-order valence-electron chi connectivity index (χ2n) is 5.76. The van der Waals surface area contributed by atoms with Gasteiger partial charge in [-0.25, -0.2) is 0 Å². The van der Waals surface area contributed by atoms with E-state index >= 15 is 0 Å². The first-order valence-corrected chi connectivity index (χ1v) is 7.53. The Hall–Kier alpha value is -0.940. The van der Waals surface area contributed by atoms with E-state index in [2.05, 4.69) is 29.3 Å². The molecule has 0 amide bonds. The van der Waals surface area contributed by atoms with Crippen molar-refractivity contribution in [2.24, 2.45) is 0 Å². The van der Waals surface area contributed by atoms with Gasteiger partial charge in [0.15, 0.2) is 5.79 Å². The molecule has 2 atom stereocenters. The Kier molecular flexibility index (Phi) is 4.08. The predicted molar refractivity (Wildman–Crippen MR) is 78.5 cm³/mol. The van der Waals surface area contributed by atoms with E-state index in [1.54, 1.807) is 0 Å². The van der Waals surface area contributed by atoms with E-state index in [4.69, 9.17) is 9.47 Å². The standard InChI is InChI=1S/C16H24N2O2/c1-3-18(14-9-17-10-14)11-15-12-19-16(2,20-15)13-7-5-4-6-8-13/h4-8,14-15,17H,3,9-12H2,1-2H3. The van der Waals surface area contributed by atoms with Crippen LogP contribution < -0.4 is 5.32 Å². The highest BCUT2D eigenvalue weighted by atomic mass is 16.7. The van der Waals surface area contributed by atoms with Crippen LogP contribution in [-0.2, 0) is 15.3 Å². The van der Waals surface area contributed by atoms with Crippen molar-refractivity contribution in [3.8, 4) is 0 Å². The Morgan fingerprint density at radius 3 is 2.65 bits per heavy atom. The first kappa shape index (κ1) is 14.0. The summed E-state index contributed by atoms with van der Waals surface area (Å²) in [5, 5.41) is 3.33. The third-order valence-electron chi connectivity index (χ3n) is 4.36. The zero-order chi connectivity index (χ0) is 14.0. The van der Waals surface area contributed by atoms with Gasteiger partial charge in [-0.05, 0) is 13.5 Å². The minimum absolute atomic E-state index is 0.153. The van der Waals surface area contributed by atoms with Crippen molar-refractivity contribution in [2.45, 2.75) is 31.8 Å². The van der Waals surface area contributed by atoms with E-state index in [0.717, 1.165) is 31.7 Å². The molecule has 4 heteroatoms. The molecule has 0 spiro atoms. The molecule has 4 nitrogen and oxygen atoms in total. The molecule has 1 aromatic rings. The molecular formula is C16H24N2O2. The van der Waals surface area contributed by atoms with Gasteiger partial charge in [-0.1, -0.05) is 37.3 Å². The zero-order valence-corrected chi connectivity index (χ0v) is 12.3. The molecule has 2 heterocycles. The lowest BCUT2D eigenvalue weighted by molar-refractivity contribution is -0.164. The molecule has 0 radical (unpaired) electrons. The topological polar surface area (TPSA) is 33.7 Å². The average molecular weight is 276 g/mol. The van der Waals surface area contributed by atoms with Crippen LogP contribution in [0.1, 0.15) is 19.4 Å². The number of rotatable bonds is 5. The van der Waals surface area contributed by atoms with Gasteiger partial charge in [-0.15, -0.1) is 0 Å². The lowest BCUT2D eigenvalue weighted by Gasteiger charge is -2.38. The van der Waals surface area contributed by atoms with Gasteiger partial charge in [0.05, 0.1) is 12.7 Å². The maximum atomic E-state index is 6.20. The third-order valence-corrected chi connectivity index (χ3v) is 4.36. The second-order valence-corrected chi connectivity index (χ2v) is 5.76. The number of hydrogen-bond donors (Lipinski definition) is 1. The highest BCUT2D eigenvalue weighted by Gasteiger charge is 2.40. The van der Waals surface area contributed by atoms with Crippen molar-refractivity contribution >= 4 is 0 Å². The van der Waals surface area contributed by atoms with Gasteiger partial charge in [-0.3, -0.25) is 4.90 Å². The van der Waals surface area contributed by atoms with Crippen LogP contribution in [0.25, 0.3) is 0 Å². The Morgan fingerprint density at radius 2 is 2.05 bits per heavy atom. The number of hydrogen-bond acceptors (Lipinski definition) is 4. The minimum Gasteiger partial charge on any atom is -0.343 e. The fourth-order valence-corrected chi connectivity index (χ4v) is 2.95. The van der Waals surface area contributed by atoms with Crippen molar-refractivity contribution in [1.82, 2.24) is 10.2 Å². The molecule has 1 N–H and O–H groups in total. The largest absolute Gasteiger partial charge is 0.343 e. The summed E-state index contributed by atoms with van der Waals surface area (Å²) in [6.45, 7) is 9.10. The van der Waals surface area contributed by atoms with Gasteiger partial charge < -0.3 is 14.8 Å². The second kappa shape index (κ2) is 5.82. The maximum absolute atomic E-state index is 6.20. The van der Waals surface area contributed by atoms with Crippen LogP contribution in [0.5, 0.6) is 0 Å². The monoisotopic (exact) mass is 276 g/mol. The normalized spacial score (nSPS) is 30.6. The minimum atomic E-state index is -0.594. The number of nitrogens with one attached hydrogen (secondary N) is 1. The summed E-state index contributed by atoms with van der Waals surface area (Å²) < 4.78 is 12.2. The van der Waals surface area contributed by atoms with Crippen LogP contribution >= 0.6 is 0 Å². The highest BCUT2D eigenvalue weighted by molar-refractivity contribution is 5.20. The Labute approximate surface area is 121 Å². The van der Waals surface area contributed by atoms with Gasteiger partial charge in [-0.2, -0.15) is 0 Å². The third kappa shape index (κ3) is 2.74. The summed E-state index contributed by atoms with van der Waals surface area (Å²) in [7, 11) is 0. The van der Waals surface area contributed by atoms with E-state index in [1.807, 2.05) is 25.1 Å². The van der Waals surface area contributed by atoms with Gasteiger partial charge in [0.2, 0.25) is 0 Å². The molecule has 0 aromatic heterocycles. The molecule has 0 bridgehead atoms. The molecule has 1 aromatic carbocycles. The smallest absolute Gasteiger partial charge is 0.192 e. The van der Waals surface area contributed by atoms with Crippen LogP contribution in [0, 0.1) is 0 Å². The number of ether oxygens (including phenoxy) is 2. The average Bonchev–Trinajstić information content (AvgIpc) is 2.80. The van der Waals surface area contributed by atoms with Gasteiger partial charge in [0.1, 0.15) is 0 Å². The van der Waals surface area contributed by atoms with E-state index in [-0.39, 0.29) is 6.10 Å². The summed E-state index contributed by atoms with van der Waals surface area (Å²) in [5.41, 5.74) is 1.09. The van der Waals surface area contributed by atoms with Crippen molar-refractivity contribution in [3.05, 3.63) is 35.9 Å². The highest BCUT2D eigenvalue weighted by Crippen LogP contribution is 2.34. The molecule has 2 aliphatic rings. The molecule has 0 saturated carbocycles. The van der Waals surface area contributed by atoms with Gasteiger partial charge >= 0.3 is 0 Å². The lowest BCUT2D eigenvalue weighted by Crippen LogP contribution is -2.58. The predicted octanol–water partition coefficient (Wildman–Crippen LogP) is 1.57. The number of nitrogens with zero attached hydrogens (tertiary/aromatic N) is 1. The Balaban J connectivity index is 1.61. The fourth-order valence-electron chi connectivity index (χ4n) is 2.95. The van der Waals surface area contributed by atoms with Crippen LogP contribution in [0.3, 0.4) is 0 Å². The molecule has 20 heavy (non-hydrogen) atoms. The van der Waals surface area contributed by atoms with Crippen LogP contribution in [-0.4, -0.2) is 49.8 Å². The summed E-state index contributed by atoms with van der Waals surface area (Å²) in [5.74, 6) is -0.594. The molecule has 2 aliphatic heterocycles. The first-order valence-electron chi connectivity index (χ1n) is 7.53. The molecule has 3 rings (SSSR count). The number of likely N-dealkylation sites (N-methyl/N-ethyl adjacent to an activating group) is 1. The number of benzene rings is 1. The lowest BCUT2D eigenvalue weighted by atomic mass is 10.1. The summed E-state index contributed by atoms with van der Waals surface area (Å²) in [6, 6.07) is 10.9. The van der Waals surface area contributed by atoms with Crippen LogP contribution in [0.15, 0.2) is 30.3 Å². The molecular weight excluding hydrogens is 252 g/mol. The van der Waals surface area contributed by atoms with Crippen molar-refractivity contribution in [2.75, 3.05) is 32.8 Å². The summed E-state index contributed by atoms with van der Waals surface area (Å²) >= 11 is 0. The Bertz CT molecular complexity index is 435. The molecule has 0 aliphatic carbocycles. The molecule has 110 valence electrons. The van der Waals surface area contributed by atoms with Crippen LogP contribution in [0.2, 0.25) is 0 Å².